The van der Waals surface area contributed by atoms with Gasteiger partial charge in [-0.25, -0.2) is 9.59 Å². The molecule has 2 N–H and O–H groups in total. The van der Waals surface area contributed by atoms with Crippen LogP contribution in [0.2, 0.25) is 0 Å². The van der Waals surface area contributed by atoms with Gasteiger partial charge in [0.05, 0.1) is 0 Å². The van der Waals surface area contributed by atoms with Gasteiger partial charge in [-0.05, 0) is 25.7 Å². The predicted molar refractivity (Wildman–Crippen MR) is 72.7 cm³/mol. The van der Waals surface area contributed by atoms with Crippen LogP contribution in [-0.4, -0.2) is 41.1 Å². The minimum atomic E-state index is -0.913. The Bertz CT molecular complexity index is 349. The highest BCUT2D eigenvalue weighted by molar-refractivity contribution is 5.82. The summed E-state index contributed by atoms with van der Waals surface area (Å²) in [5.41, 5.74) is 0. The molecule has 1 unspecified atom stereocenters. The van der Waals surface area contributed by atoms with Crippen LogP contribution in [-0.2, 0) is 4.79 Å². The second kappa shape index (κ2) is 8.41. The van der Waals surface area contributed by atoms with E-state index in [-0.39, 0.29) is 6.03 Å². The summed E-state index contributed by atoms with van der Waals surface area (Å²) < 4.78 is 0. The van der Waals surface area contributed by atoms with E-state index in [2.05, 4.69) is 11.2 Å². The lowest BCUT2D eigenvalue weighted by Crippen LogP contribution is -2.49. The summed E-state index contributed by atoms with van der Waals surface area (Å²) in [5, 5.41) is 12.0. The molecule has 0 bridgehead atoms. The van der Waals surface area contributed by atoms with Gasteiger partial charge in [0.15, 0.2) is 0 Å². The van der Waals surface area contributed by atoms with Crippen molar-refractivity contribution in [1.82, 2.24) is 10.2 Å². The Balaban J connectivity index is 2.43. The number of carbonyl (C=O) groups is 2. The summed E-state index contributed by atoms with van der Waals surface area (Å²) in [6.07, 6.45) is 10.8. The number of unbranched alkanes of at least 4 members (excludes halogenated alkanes) is 2. The second-order valence-electron chi connectivity index (χ2n) is 4.79. The molecule has 0 aromatic heterocycles. The average molecular weight is 266 g/mol. The maximum atomic E-state index is 12.0. The molecule has 1 atom stereocenters. The number of terminal acetylenes is 1. The number of amides is 2. The van der Waals surface area contributed by atoms with Crippen LogP contribution in [0.5, 0.6) is 0 Å². The number of hydrogen-bond donors (Lipinski definition) is 2. The molecule has 19 heavy (non-hydrogen) atoms. The highest BCUT2D eigenvalue weighted by Crippen LogP contribution is 2.17. The van der Waals surface area contributed by atoms with Gasteiger partial charge in [-0.15, -0.1) is 12.3 Å². The maximum absolute atomic E-state index is 12.0. The average Bonchev–Trinajstić information content (AvgIpc) is 2.63. The number of hydrogen-bond acceptors (Lipinski definition) is 2. The molecule has 0 saturated carbocycles. The molecule has 5 heteroatoms. The number of nitrogens with one attached hydrogen (secondary N) is 1. The van der Waals surface area contributed by atoms with Crippen LogP contribution in [0.3, 0.4) is 0 Å². The van der Waals surface area contributed by atoms with E-state index < -0.39 is 12.0 Å². The van der Waals surface area contributed by atoms with Gasteiger partial charge in [0.1, 0.15) is 6.04 Å². The molecule has 5 nitrogen and oxygen atoms in total. The minimum absolute atomic E-state index is 0.269. The van der Waals surface area contributed by atoms with E-state index in [1.165, 1.54) is 4.90 Å². The fraction of sp³-hybridized carbons (Fsp3) is 0.714. The fourth-order valence-corrected chi connectivity index (χ4v) is 2.26. The van der Waals surface area contributed by atoms with Crippen LogP contribution in [0.15, 0.2) is 0 Å². The smallest absolute Gasteiger partial charge is 0.326 e. The van der Waals surface area contributed by atoms with Crippen LogP contribution >= 0.6 is 0 Å². The Morgan fingerprint density at radius 2 is 2.11 bits per heavy atom. The van der Waals surface area contributed by atoms with E-state index in [0.717, 1.165) is 32.1 Å². The third-order valence-electron chi connectivity index (χ3n) is 3.32. The maximum Gasteiger partial charge on any atom is 0.326 e. The van der Waals surface area contributed by atoms with Gasteiger partial charge >= 0.3 is 12.0 Å². The van der Waals surface area contributed by atoms with Crippen molar-refractivity contribution < 1.29 is 14.7 Å². The number of carboxylic acids is 1. The van der Waals surface area contributed by atoms with E-state index in [4.69, 9.17) is 6.42 Å². The summed E-state index contributed by atoms with van der Waals surface area (Å²) in [6.45, 7) is 1.07. The van der Waals surface area contributed by atoms with E-state index in [1.54, 1.807) is 0 Å². The molecular weight excluding hydrogens is 244 g/mol. The Kier molecular flexibility index (Phi) is 6.80. The standard InChI is InChI=1S/C14H22N2O3/c1-2-3-4-7-10-15-14(19)16-11-8-5-6-9-12(16)13(17)18/h1,12H,3-11H2,(H,15,19)(H,17,18). The first kappa shape index (κ1) is 15.4. The molecule has 1 saturated heterocycles. The van der Waals surface area contributed by atoms with E-state index in [1.807, 2.05) is 0 Å². The largest absolute Gasteiger partial charge is 0.480 e. The summed E-state index contributed by atoms with van der Waals surface area (Å²) in [5.74, 6) is 1.64. The fourth-order valence-electron chi connectivity index (χ4n) is 2.26. The van der Waals surface area contributed by atoms with Crippen molar-refractivity contribution in [1.29, 1.82) is 0 Å². The minimum Gasteiger partial charge on any atom is -0.480 e. The van der Waals surface area contributed by atoms with Crippen molar-refractivity contribution in [2.24, 2.45) is 0 Å². The molecule has 1 rings (SSSR count). The van der Waals surface area contributed by atoms with Gasteiger partial charge in [-0.1, -0.05) is 12.8 Å². The highest BCUT2D eigenvalue weighted by atomic mass is 16.4. The summed E-state index contributed by atoms with van der Waals surface area (Å²) in [6, 6.07) is -0.955. The molecule has 106 valence electrons. The number of rotatable bonds is 5. The lowest BCUT2D eigenvalue weighted by Gasteiger charge is -2.27. The molecule has 1 aliphatic rings. The predicted octanol–water partition coefficient (Wildman–Crippen LogP) is 1.83. The van der Waals surface area contributed by atoms with Gasteiger partial charge in [-0.3, -0.25) is 0 Å². The highest BCUT2D eigenvalue weighted by Gasteiger charge is 2.30. The van der Waals surface area contributed by atoms with Crippen molar-refractivity contribution in [2.45, 2.75) is 51.0 Å². The van der Waals surface area contributed by atoms with Crippen molar-refractivity contribution in [3.05, 3.63) is 0 Å². The van der Waals surface area contributed by atoms with Crippen LogP contribution < -0.4 is 5.32 Å². The lowest BCUT2D eigenvalue weighted by atomic mass is 10.1. The molecule has 1 heterocycles. The van der Waals surface area contributed by atoms with Crippen LogP contribution in [0.1, 0.15) is 44.9 Å². The number of nitrogens with zero attached hydrogens (tertiary/aromatic N) is 1. The summed E-state index contributed by atoms with van der Waals surface area (Å²) >= 11 is 0. The van der Waals surface area contributed by atoms with Crippen molar-refractivity contribution in [2.75, 3.05) is 13.1 Å². The van der Waals surface area contributed by atoms with Crippen LogP contribution in [0.25, 0.3) is 0 Å². The Morgan fingerprint density at radius 1 is 1.32 bits per heavy atom. The number of carboxylic acid groups (broad SMARTS) is 1. The van der Waals surface area contributed by atoms with Crippen LogP contribution in [0, 0.1) is 12.3 Å². The van der Waals surface area contributed by atoms with Gasteiger partial charge in [0, 0.05) is 19.5 Å². The van der Waals surface area contributed by atoms with Crippen molar-refractivity contribution in [3.8, 4) is 12.3 Å². The number of carbonyl (C=O) groups excluding carboxylic acids is 1. The van der Waals surface area contributed by atoms with Crippen molar-refractivity contribution in [3.63, 3.8) is 0 Å². The lowest BCUT2D eigenvalue weighted by molar-refractivity contribution is -0.142. The number of aliphatic carboxylic acids is 1. The monoisotopic (exact) mass is 266 g/mol. The molecule has 0 aromatic rings. The van der Waals surface area contributed by atoms with Gasteiger partial charge < -0.3 is 15.3 Å². The third-order valence-corrected chi connectivity index (χ3v) is 3.32. The van der Waals surface area contributed by atoms with Crippen LogP contribution in [0.4, 0.5) is 4.79 Å². The third kappa shape index (κ3) is 5.21. The zero-order chi connectivity index (χ0) is 14.1. The number of urea groups is 1. The first-order chi connectivity index (χ1) is 9.16. The SMILES string of the molecule is C#CCCCCNC(=O)N1CCCCCC1C(=O)O. The van der Waals surface area contributed by atoms with Crippen molar-refractivity contribution >= 4 is 12.0 Å². The van der Waals surface area contributed by atoms with E-state index in [9.17, 15) is 14.7 Å². The molecule has 1 aliphatic heterocycles. The quantitative estimate of drug-likeness (QED) is 0.589. The Morgan fingerprint density at radius 3 is 2.79 bits per heavy atom. The zero-order valence-corrected chi connectivity index (χ0v) is 11.2. The summed E-state index contributed by atoms with van der Waals surface area (Å²) in [7, 11) is 0. The summed E-state index contributed by atoms with van der Waals surface area (Å²) in [4.78, 5) is 24.7. The normalized spacial score (nSPS) is 19.3. The topological polar surface area (TPSA) is 69.6 Å². The van der Waals surface area contributed by atoms with Gasteiger partial charge in [0.2, 0.25) is 0 Å². The molecule has 0 aliphatic carbocycles. The Hall–Kier alpha value is -1.70. The molecule has 0 aromatic carbocycles. The molecular formula is C14H22N2O3. The first-order valence-electron chi connectivity index (χ1n) is 6.87. The Labute approximate surface area is 114 Å². The first-order valence-corrected chi connectivity index (χ1v) is 6.87. The molecule has 0 radical (unpaired) electrons. The van der Waals surface area contributed by atoms with E-state index in [0.29, 0.717) is 25.9 Å². The second-order valence-corrected chi connectivity index (χ2v) is 4.79. The molecule has 0 spiro atoms. The van der Waals surface area contributed by atoms with E-state index >= 15 is 0 Å². The van der Waals surface area contributed by atoms with Gasteiger partial charge in [-0.2, -0.15) is 0 Å². The van der Waals surface area contributed by atoms with Gasteiger partial charge in [0.25, 0.3) is 0 Å². The molecule has 2 amide bonds. The number of likely N-dealkylation sites (tertiary alicyclic amines) is 1. The molecule has 1 fully saturated rings. The zero-order valence-electron chi connectivity index (χ0n) is 11.2.